The van der Waals surface area contributed by atoms with E-state index < -0.39 is 10.0 Å². The predicted molar refractivity (Wildman–Crippen MR) is 114 cm³/mol. The lowest BCUT2D eigenvalue weighted by atomic mass is 10.0. The summed E-state index contributed by atoms with van der Waals surface area (Å²) in [6.45, 7) is 8.78. The summed E-state index contributed by atoms with van der Waals surface area (Å²) in [7, 11) is -1.99. The Bertz CT molecular complexity index is 913. The summed E-state index contributed by atoms with van der Waals surface area (Å²) in [6, 6.07) is 11.5. The van der Waals surface area contributed by atoms with Crippen LogP contribution in [0.3, 0.4) is 0 Å². The molecule has 7 heteroatoms. The molecule has 1 saturated heterocycles. The van der Waals surface area contributed by atoms with E-state index in [1.807, 2.05) is 57.2 Å². The Morgan fingerprint density at radius 1 is 1.07 bits per heavy atom. The molecule has 1 N–H and O–H groups in total. The summed E-state index contributed by atoms with van der Waals surface area (Å²) in [5.74, 6) is 0.779. The second kappa shape index (κ2) is 9.26. The van der Waals surface area contributed by atoms with Crippen LogP contribution in [0.2, 0.25) is 0 Å². The van der Waals surface area contributed by atoms with E-state index in [9.17, 15) is 8.42 Å². The number of sulfonamides is 1. The van der Waals surface area contributed by atoms with Gasteiger partial charge in [-0.15, -0.1) is 0 Å². The molecule has 0 spiro atoms. The van der Waals surface area contributed by atoms with E-state index in [1.165, 1.54) is 0 Å². The minimum atomic E-state index is -3.63. The van der Waals surface area contributed by atoms with E-state index in [4.69, 9.17) is 9.47 Å². The lowest BCUT2D eigenvalue weighted by Gasteiger charge is -2.35. The highest BCUT2D eigenvalue weighted by Gasteiger charge is 2.26. The fourth-order valence-electron chi connectivity index (χ4n) is 4.02. The molecule has 1 fully saturated rings. The molecule has 0 amide bonds. The molecule has 2 aromatic rings. The van der Waals surface area contributed by atoms with Crippen LogP contribution in [0, 0.1) is 20.8 Å². The molecule has 1 aliphatic heterocycles. The topological polar surface area (TPSA) is 67.9 Å². The van der Waals surface area contributed by atoms with Crippen molar-refractivity contribution in [1.82, 2.24) is 9.62 Å². The highest BCUT2D eigenvalue weighted by Crippen LogP contribution is 2.26. The van der Waals surface area contributed by atoms with E-state index >= 15 is 0 Å². The molecular weight excluding hydrogens is 388 g/mol. The summed E-state index contributed by atoms with van der Waals surface area (Å²) in [5, 5.41) is 0. The van der Waals surface area contributed by atoms with Crippen LogP contribution in [0.5, 0.6) is 5.75 Å². The second-order valence-corrected chi connectivity index (χ2v) is 9.22. The number of morpholine rings is 1. The number of aryl methyl sites for hydroxylation is 3. The van der Waals surface area contributed by atoms with E-state index in [1.54, 1.807) is 7.11 Å². The molecular formula is C22H30N2O4S. The van der Waals surface area contributed by atoms with Crippen molar-refractivity contribution in [2.45, 2.75) is 31.7 Å². The summed E-state index contributed by atoms with van der Waals surface area (Å²) < 4.78 is 39.9. The zero-order chi connectivity index (χ0) is 21.0. The van der Waals surface area contributed by atoms with Gasteiger partial charge in [0.2, 0.25) is 10.0 Å². The Kier molecular flexibility index (Phi) is 6.95. The molecule has 6 nitrogen and oxygen atoms in total. The van der Waals surface area contributed by atoms with E-state index in [0.29, 0.717) is 24.7 Å². The Morgan fingerprint density at radius 2 is 1.66 bits per heavy atom. The Labute approximate surface area is 173 Å². The summed E-state index contributed by atoms with van der Waals surface area (Å²) in [6.07, 6.45) is 0. The zero-order valence-electron chi connectivity index (χ0n) is 17.6. The largest absolute Gasteiger partial charge is 0.497 e. The first-order chi connectivity index (χ1) is 13.8. The highest BCUT2D eigenvalue weighted by molar-refractivity contribution is 7.89. The van der Waals surface area contributed by atoms with Gasteiger partial charge in [0.25, 0.3) is 0 Å². The summed E-state index contributed by atoms with van der Waals surface area (Å²) in [5.41, 5.74) is 3.64. The summed E-state index contributed by atoms with van der Waals surface area (Å²) in [4.78, 5) is 2.64. The number of benzene rings is 2. The van der Waals surface area contributed by atoms with Crippen LogP contribution in [0.25, 0.3) is 0 Å². The molecule has 158 valence electrons. The quantitative estimate of drug-likeness (QED) is 0.749. The van der Waals surface area contributed by atoms with Crippen molar-refractivity contribution < 1.29 is 17.9 Å². The maximum atomic E-state index is 13.1. The van der Waals surface area contributed by atoms with Crippen LogP contribution in [-0.4, -0.2) is 53.3 Å². The Hall–Kier alpha value is -1.93. The van der Waals surface area contributed by atoms with E-state index in [-0.39, 0.29) is 6.04 Å². The van der Waals surface area contributed by atoms with Crippen LogP contribution >= 0.6 is 0 Å². The van der Waals surface area contributed by atoms with Gasteiger partial charge >= 0.3 is 0 Å². The van der Waals surface area contributed by atoms with Crippen molar-refractivity contribution in [3.8, 4) is 5.75 Å². The normalized spacial score (nSPS) is 16.6. The number of hydrogen-bond acceptors (Lipinski definition) is 5. The number of rotatable bonds is 7. The summed E-state index contributed by atoms with van der Waals surface area (Å²) >= 11 is 0. The SMILES string of the molecule is COc1ccc(C(CNS(=O)(=O)c2c(C)cc(C)cc2C)N2CCOCC2)cc1. The van der Waals surface area contributed by atoms with Crippen LogP contribution in [-0.2, 0) is 14.8 Å². The fraction of sp³-hybridized carbons (Fsp3) is 0.455. The van der Waals surface area contributed by atoms with Gasteiger partial charge in [0.1, 0.15) is 5.75 Å². The Morgan fingerprint density at radius 3 is 2.21 bits per heavy atom. The van der Waals surface area contributed by atoms with Crippen molar-refractivity contribution in [2.24, 2.45) is 0 Å². The molecule has 1 atom stereocenters. The molecule has 1 aliphatic rings. The van der Waals surface area contributed by atoms with Gasteiger partial charge < -0.3 is 9.47 Å². The van der Waals surface area contributed by atoms with E-state index in [2.05, 4.69) is 9.62 Å². The first-order valence-corrected chi connectivity index (χ1v) is 11.3. The third-order valence-corrected chi connectivity index (χ3v) is 7.06. The van der Waals surface area contributed by atoms with Crippen molar-refractivity contribution in [1.29, 1.82) is 0 Å². The van der Waals surface area contributed by atoms with Gasteiger partial charge in [-0.2, -0.15) is 0 Å². The van der Waals surface area contributed by atoms with Crippen LogP contribution < -0.4 is 9.46 Å². The predicted octanol–water partition coefficient (Wildman–Crippen LogP) is 2.97. The fourth-order valence-corrected chi connectivity index (χ4v) is 5.51. The van der Waals surface area contributed by atoms with Gasteiger partial charge in [-0.25, -0.2) is 13.1 Å². The minimum Gasteiger partial charge on any atom is -0.497 e. The molecule has 3 rings (SSSR count). The molecule has 29 heavy (non-hydrogen) atoms. The van der Waals surface area contributed by atoms with Crippen molar-refractivity contribution in [2.75, 3.05) is 40.0 Å². The number of methoxy groups -OCH3 is 1. The first-order valence-electron chi connectivity index (χ1n) is 9.85. The van der Waals surface area contributed by atoms with Gasteiger partial charge in [0.05, 0.1) is 25.2 Å². The third kappa shape index (κ3) is 5.17. The van der Waals surface area contributed by atoms with Gasteiger partial charge in [0, 0.05) is 25.7 Å². The standard InChI is InChI=1S/C22H30N2O4S/c1-16-13-17(2)22(18(3)14-16)29(25,26)23-15-21(24-9-11-28-12-10-24)19-5-7-20(27-4)8-6-19/h5-8,13-14,21,23H,9-12,15H2,1-4H3. The average Bonchev–Trinajstić information content (AvgIpc) is 2.68. The van der Waals surface area contributed by atoms with Gasteiger partial charge in [-0.3, -0.25) is 4.90 Å². The highest BCUT2D eigenvalue weighted by atomic mass is 32.2. The van der Waals surface area contributed by atoms with Gasteiger partial charge in [-0.05, 0) is 49.6 Å². The Balaban J connectivity index is 1.85. The second-order valence-electron chi connectivity index (χ2n) is 7.52. The van der Waals surface area contributed by atoms with Crippen LogP contribution in [0.4, 0.5) is 0 Å². The number of nitrogens with zero attached hydrogens (tertiary/aromatic N) is 1. The monoisotopic (exact) mass is 418 g/mol. The van der Waals surface area contributed by atoms with Gasteiger partial charge in [0.15, 0.2) is 0 Å². The molecule has 0 radical (unpaired) electrons. The molecule has 0 saturated carbocycles. The molecule has 2 aromatic carbocycles. The first kappa shape index (κ1) is 21.8. The molecule has 0 aromatic heterocycles. The van der Waals surface area contributed by atoms with Crippen molar-refractivity contribution >= 4 is 10.0 Å². The average molecular weight is 419 g/mol. The smallest absolute Gasteiger partial charge is 0.241 e. The third-order valence-electron chi connectivity index (χ3n) is 5.33. The zero-order valence-corrected chi connectivity index (χ0v) is 18.4. The van der Waals surface area contributed by atoms with Crippen LogP contribution in [0.15, 0.2) is 41.3 Å². The van der Waals surface area contributed by atoms with E-state index in [0.717, 1.165) is 41.1 Å². The molecule has 1 unspecified atom stereocenters. The maximum Gasteiger partial charge on any atom is 0.241 e. The minimum absolute atomic E-state index is 0.0781. The van der Waals surface area contributed by atoms with Crippen molar-refractivity contribution in [3.05, 3.63) is 58.7 Å². The lowest BCUT2D eigenvalue weighted by Crippen LogP contribution is -2.43. The maximum absolute atomic E-state index is 13.1. The van der Waals surface area contributed by atoms with Crippen molar-refractivity contribution in [3.63, 3.8) is 0 Å². The number of ether oxygens (including phenoxy) is 2. The number of nitrogens with one attached hydrogen (secondary N) is 1. The lowest BCUT2D eigenvalue weighted by molar-refractivity contribution is 0.0172. The molecule has 0 aliphatic carbocycles. The number of hydrogen-bond donors (Lipinski definition) is 1. The van der Waals surface area contributed by atoms with Crippen LogP contribution in [0.1, 0.15) is 28.3 Å². The van der Waals surface area contributed by atoms with Gasteiger partial charge in [-0.1, -0.05) is 29.8 Å². The molecule has 0 bridgehead atoms. The molecule has 1 heterocycles.